The zero-order chi connectivity index (χ0) is 19.9. The van der Waals surface area contributed by atoms with E-state index in [2.05, 4.69) is 23.7 Å². The number of hydrogen-bond acceptors (Lipinski definition) is 6. The van der Waals surface area contributed by atoms with Crippen LogP contribution in [0.1, 0.15) is 26.5 Å². The largest absolute Gasteiger partial charge is 0.496 e. The number of methoxy groups -OCH3 is 1. The third kappa shape index (κ3) is 5.09. The van der Waals surface area contributed by atoms with Gasteiger partial charge in [-0.05, 0) is 43.2 Å². The van der Waals surface area contributed by atoms with Crippen molar-refractivity contribution in [2.24, 2.45) is 5.92 Å². The highest BCUT2D eigenvalue weighted by Crippen LogP contribution is 2.32. The Morgan fingerprint density at radius 3 is 2.82 bits per heavy atom. The Bertz CT molecular complexity index is 839. The molecule has 0 bridgehead atoms. The Hall–Kier alpha value is -2.89. The Kier molecular flexibility index (Phi) is 6.63. The second kappa shape index (κ2) is 9.35. The van der Waals surface area contributed by atoms with Gasteiger partial charge in [-0.3, -0.25) is 0 Å². The minimum absolute atomic E-state index is 0.426. The maximum absolute atomic E-state index is 5.88. The molecule has 0 fully saturated rings. The van der Waals surface area contributed by atoms with Crippen LogP contribution in [0, 0.1) is 5.92 Å². The highest BCUT2D eigenvalue weighted by molar-refractivity contribution is 5.60. The predicted octanol–water partition coefficient (Wildman–Crippen LogP) is 4.63. The molecule has 150 valence electrons. The molecule has 0 aliphatic carbocycles. The van der Waals surface area contributed by atoms with E-state index >= 15 is 0 Å². The van der Waals surface area contributed by atoms with Gasteiger partial charge in [0.2, 0.25) is 5.89 Å². The van der Waals surface area contributed by atoms with E-state index in [-0.39, 0.29) is 0 Å². The van der Waals surface area contributed by atoms with Gasteiger partial charge >= 0.3 is 0 Å². The van der Waals surface area contributed by atoms with Crippen LogP contribution in [0.15, 0.2) is 53.0 Å². The van der Waals surface area contributed by atoms with Gasteiger partial charge in [-0.25, -0.2) is 4.98 Å². The molecule has 28 heavy (non-hydrogen) atoms. The first kappa shape index (κ1) is 19.9. The average molecular weight is 384 g/mol. The molecule has 1 aromatic carbocycles. The van der Waals surface area contributed by atoms with Crippen molar-refractivity contribution < 1.29 is 18.6 Å². The fraction of sp³-hybridized carbons (Fsp3) is 0.409. The first-order valence-electron chi connectivity index (χ1n) is 9.58. The van der Waals surface area contributed by atoms with Gasteiger partial charge in [0.25, 0.3) is 0 Å². The van der Waals surface area contributed by atoms with Crippen LogP contribution in [-0.4, -0.2) is 36.8 Å². The lowest BCUT2D eigenvalue weighted by Gasteiger charge is -2.23. The van der Waals surface area contributed by atoms with Gasteiger partial charge < -0.3 is 23.5 Å². The minimum atomic E-state index is 0.426. The van der Waals surface area contributed by atoms with Crippen molar-refractivity contribution in [2.75, 3.05) is 26.9 Å². The lowest BCUT2D eigenvalue weighted by atomic mass is 10.2. The highest BCUT2D eigenvalue weighted by atomic mass is 16.5. The molecule has 6 nitrogen and oxygen atoms in total. The fourth-order valence-corrected chi connectivity index (χ4v) is 2.86. The van der Waals surface area contributed by atoms with E-state index in [1.165, 1.54) is 0 Å². The zero-order valence-corrected chi connectivity index (χ0v) is 17.0. The lowest BCUT2D eigenvalue weighted by molar-refractivity contribution is 0.194. The highest BCUT2D eigenvalue weighted by Gasteiger charge is 2.15. The summed E-state index contributed by atoms with van der Waals surface area (Å²) in [5.74, 6) is 3.34. The summed E-state index contributed by atoms with van der Waals surface area (Å²) in [7, 11) is 1.64. The Labute approximate surface area is 166 Å². The maximum atomic E-state index is 5.88. The van der Waals surface area contributed by atoms with E-state index in [1.807, 2.05) is 43.5 Å². The number of hydrogen-bond donors (Lipinski definition) is 0. The molecule has 0 saturated carbocycles. The van der Waals surface area contributed by atoms with Gasteiger partial charge in [-0.2, -0.15) is 0 Å². The number of nitrogens with zero attached hydrogens (tertiary/aromatic N) is 2. The molecule has 2 heterocycles. The summed E-state index contributed by atoms with van der Waals surface area (Å²) < 4.78 is 22.6. The summed E-state index contributed by atoms with van der Waals surface area (Å²) in [5.41, 5.74) is 1.72. The third-order valence-corrected chi connectivity index (χ3v) is 4.17. The molecular weight excluding hydrogens is 356 g/mol. The number of allylic oxidation sites excluding steroid dienone is 2. The first-order valence-corrected chi connectivity index (χ1v) is 9.58. The molecule has 0 N–H and O–H groups in total. The Balaban J connectivity index is 1.70. The molecule has 1 aliphatic rings. The second-order valence-corrected chi connectivity index (χ2v) is 7.03. The van der Waals surface area contributed by atoms with Gasteiger partial charge in [0, 0.05) is 11.8 Å². The number of oxazole rings is 1. The monoisotopic (exact) mass is 384 g/mol. The molecule has 1 aliphatic heterocycles. The van der Waals surface area contributed by atoms with Crippen LogP contribution in [0.4, 0.5) is 0 Å². The van der Waals surface area contributed by atoms with E-state index in [9.17, 15) is 0 Å². The predicted molar refractivity (Wildman–Crippen MR) is 108 cm³/mol. The van der Waals surface area contributed by atoms with Crippen LogP contribution in [0.25, 0.3) is 11.5 Å². The van der Waals surface area contributed by atoms with E-state index in [0.717, 1.165) is 23.6 Å². The van der Waals surface area contributed by atoms with E-state index < -0.39 is 0 Å². The zero-order valence-electron chi connectivity index (χ0n) is 17.0. The van der Waals surface area contributed by atoms with Gasteiger partial charge in [0.05, 0.1) is 39.1 Å². The fourth-order valence-electron chi connectivity index (χ4n) is 2.86. The molecule has 1 aromatic heterocycles. The van der Waals surface area contributed by atoms with Gasteiger partial charge in [-0.15, -0.1) is 0 Å². The van der Waals surface area contributed by atoms with Gasteiger partial charge in [-0.1, -0.05) is 13.8 Å². The van der Waals surface area contributed by atoms with Crippen LogP contribution in [0.2, 0.25) is 0 Å². The number of aromatic nitrogens is 1. The van der Waals surface area contributed by atoms with Crippen LogP contribution >= 0.6 is 0 Å². The summed E-state index contributed by atoms with van der Waals surface area (Å²) >= 11 is 0. The smallest absolute Gasteiger partial charge is 0.226 e. The summed E-state index contributed by atoms with van der Waals surface area (Å²) in [6.45, 7) is 8.87. The number of benzene rings is 1. The molecule has 0 atom stereocenters. The minimum Gasteiger partial charge on any atom is -0.496 e. The maximum Gasteiger partial charge on any atom is 0.226 e. The molecular formula is C22H28N2O4. The first-order chi connectivity index (χ1) is 13.6. The van der Waals surface area contributed by atoms with Crippen LogP contribution in [0.5, 0.6) is 11.5 Å². The van der Waals surface area contributed by atoms with Crippen molar-refractivity contribution in [2.45, 2.75) is 27.3 Å². The number of rotatable bonds is 9. The van der Waals surface area contributed by atoms with Crippen molar-refractivity contribution in [1.82, 2.24) is 9.88 Å². The van der Waals surface area contributed by atoms with E-state index in [1.54, 1.807) is 13.4 Å². The molecule has 0 radical (unpaired) electrons. The van der Waals surface area contributed by atoms with Gasteiger partial charge in [0.15, 0.2) is 11.5 Å². The standard InChI is InChI=1S/C22H28N2O4/c1-5-26-19-7-6-10-24(13-19)12-18-15-28-22(23-18)17-8-9-20(25-4)21(11-17)27-14-16(2)3/h6-11,15-16H,5,12-14H2,1-4H3. The van der Waals surface area contributed by atoms with Crippen molar-refractivity contribution in [3.8, 4) is 23.0 Å². The Morgan fingerprint density at radius 2 is 2.07 bits per heavy atom. The summed E-state index contributed by atoms with van der Waals surface area (Å²) in [6.07, 6.45) is 7.70. The summed E-state index contributed by atoms with van der Waals surface area (Å²) in [4.78, 5) is 6.78. The molecule has 0 spiro atoms. The van der Waals surface area contributed by atoms with Crippen LogP contribution in [0.3, 0.4) is 0 Å². The van der Waals surface area contributed by atoms with Crippen molar-refractivity contribution in [3.05, 3.63) is 54.3 Å². The number of ether oxygens (including phenoxy) is 3. The van der Waals surface area contributed by atoms with Crippen molar-refractivity contribution in [3.63, 3.8) is 0 Å². The molecule has 6 heteroatoms. The summed E-state index contributed by atoms with van der Waals surface area (Å²) in [6, 6.07) is 5.71. The van der Waals surface area contributed by atoms with Crippen molar-refractivity contribution in [1.29, 1.82) is 0 Å². The van der Waals surface area contributed by atoms with Gasteiger partial charge in [0.1, 0.15) is 12.0 Å². The van der Waals surface area contributed by atoms with Crippen LogP contribution < -0.4 is 9.47 Å². The molecule has 2 aromatic rings. The van der Waals surface area contributed by atoms with E-state index in [4.69, 9.17) is 18.6 Å². The quantitative estimate of drug-likeness (QED) is 0.628. The SMILES string of the molecule is CCOC1=CC=CN(Cc2coc(-c3ccc(OC)c(OCC(C)C)c3)n2)C1. The molecule has 0 unspecified atom stereocenters. The van der Waals surface area contributed by atoms with E-state index in [0.29, 0.717) is 43.1 Å². The van der Waals surface area contributed by atoms with Crippen LogP contribution in [-0.2, 0) is 11.3 Å². The van der Waals surface area contributed by atoms with Crippen molar-refractivity contribution >= 4 is 0 Å². The second-order valence-electron chi connectivity index (χ2n) is 7.03. The Morgan fingerprint density at radius 1 is 1.21 bits per heavy atom. The lowest BCUT2D eigenvalue weighted by Crippen LogP contribution is -2.22. The third-order valence-electron chi connectivity index (χ3n) is 4.17. The normalized spacial score (nSPS) is 13.6. The molecule has 0 saturated heterocycles. The molecule has 3 rings (SSSR count). The average Bonchev–Trinajstić information content (AvgIpc) is 3.15. The molecule has 0 amide bonds. The summed E-state index contributed by atoms with van der Waals surface area (Å²) in [5, 5.41) is 0. The topological polar surface area (TPSA) is 57.0 Å².